The minimum absolute atomic E-state index is 0.174. The Morgan fingerprint density at radius 1 is 0.784 bits per heavy atom. The maximum Gasteiger partial charge on any atom is 0.472 e. The lowest BCUT2D eigenvalue weighted by Crippen LogP contribution is -2.29. The van der Waals surface area contributed by atoms with Crippen molar-refractivity contribution in [3.05, 3.63) is 12.2 Å². The van der Waals surface area contributed by atoms with E-state index in [0.29, 0.717) is 12.8 Å². The summed E-state index contributed by atoms with van der Waals surface area (Å²) in [6.07, 6.45) is 15.2. The molecule has 0 aromatic rings. The molecular formula is C26H49O10P. The highest BCUT2D eigenvalue weighted by Crippen LogP contribution is 2.43. The Morgan fingerprint density at radius 2 is 1.38 bits per heavy atom. The molecule has 0 spiro atoms. The number of carbonyl (C=O) groups excluding carboxylic acids is 2. The molecule has 11 heteroatoms. The van der Waals surface area contributed by atoms with Crippen LogP contribution in [0.3, 0.4) is 0 Å². The first-order valence-corrected chi connectivity index (χ1v) is 15.1. The van der Waals surface area contributed by atoms with Crippen LogP contribution >= 0.6 is 7.82 Å². The largest absolute Gasteiger partial charge is 0.472 e. The molecule has 10 nitrogen and oxygen atoms in total. The number of ether oxygens (including phenoxy) is 2. The molecular weight excluding hydrogens is 503 g/mol. The van der Waals surface area contributed by atoms with Gasteiger partial charge in [-0.2, -0.15) is 0 Å². The molecule has 3 N–H and O–H groups in total. The zero-order chi connectivity index (χ0) is 27.8. The SMILES string of the molecule is CCCCCC/C=C\CCCCCCCC(=O)OC(COC(=O)CCC)COP(=O)(O)OCC(O)CO. The number of phosphoric acid groups is 1. The van der Waals surface area contributed by atoms with Gasteiger partial charge in [0.1, 0.15) is 12.7 Å². The molecule has 218 valence electrons. The third-order valence-corrected chi connectivity index (χ3v) is 6.34. The van der Waals surface area contributed by atoms with Gasteiger partial charge in [-0.1, -0.05) is 64.5 Å². The zero-order valence-electron chi connectivity index (χ0n) is 22.7. The first-order chi connectivity index (χ1) is 17.7. The molecule has 0 rings (SSSR count). The van der Waals surface area contributed by atoms with Crippen molar-refractivity contribution < 1.29 is 47.8 Å². The van der Waals surface area contributed by atoms with E-state index < -0.39 is 51.8 Å². The molecule has 0 fully saturated rings. The summed E-state index contributed by atoms with van der Waals surface area (Å²) in [5.74, 6) is -1.00. The number of aliphatic hydroxyl groups excluding tert-OH is 2. The van der Waals surface area contributed by atoms with Crippen molar-refractivity contribution in [3.63, 3.8) is 0 Å². The van der Waals surface area contributed by atoms with Crippen LogP contribution < -0.4 is 0 Å². The van der Waals surface area contributed by atoms with Crippen LogP contribution in [0.1, 0.15) is 104 Å². The average Bonchev–Trinajstić information content (AvgIpc) is 2.87. The molecule has 0 saturated heterocycles. The fourth-order valence-corrected chi connectivity index (χ4v) is 4.05. The number of esters is 2. The van der Waals surface area contributed by atoms with E-state index in [1.807, 2.05) is 6.92 Å². The van der Waals surface area contributed by atoms with Gasteiger partial charge in [0, 0.05) is 12.8 Å². The van der Waals surface area contributed by atoms with Gasteiger partial charge < -0.3 is 24.6 Å². The topological polar surface area (TPSA) is 149 Å². The van der Waals surface area contributed by atoms with E-state index >= 15 is 0 Å². The van der Waals surface area contributed by atoms with Gasteiger partial charge in [0.05, 0.1) is 19.8 Å². The van der Waals surface area contributed by atoms with Crippen LogP contribution in [0.2, 0.25) is 0 Å². The molecule has 0 aromatic heterocycles. The molecule has 0 amide bonds. The predicted molar refractivity (Wildman–Crippen MR) is 141 cm³/mol. The Labute approximate surface area is 222 Å². The van der Waals surface area contributed by atoms with Crippen molar-refractivity contribution in [2.45, 2.75) is 116 Å². The maximum absolute atomic E-state index is 12.3. The summed E-state index contributed by atoms with van der Waals surface area (Å²) in [4.78, 5) is 33.6. The molecule has 0 saturated carbocycles. The number of aliphatic hydroxyl groups is 2. The van der Waals surface area contributed by atoms with Crippen LogP contribution in [-0.2, 0) is 32.7 Å². The van der Waals surface area contributed by atoms with E-state index in [1.54, 1.807) is 0 Å². The fraction of sp³-hybridized carbons (Fsp3) is 0.846. The number of hydrogen-bond acceptors (Lipinski definition) is 9. The van der Waals surface area contributed by atoms with Gasteiger partial charge in [-0.25, -0.2) is 4.57 Å². The van der Waals surface area contributed by atoms with Crippen molar-refractivity contribution in [3.8, 4) is 0 Å². The fourth-order valence-electron chi connectivity index (χ4n) is 3.26. The average molecular weight is 553 g/mol. The summed E-state index contributed by atoms with van der Waals surface area (Å²) in [5.41, 5.74) is 0. The summed E-state index contributed by atoms with van der Waals surface area (Å²) in [6.45, 7) is 1.90. The normalized spacial score (nSPS) is 14.8. The van der Waals surface area contributed by atoms with Crippen LogP contribution in [0.15, 0.2) is 12.2 Å². The van der Waals surface area contributed by atoms with Crippen LogP contribution in [0, 0.1) is 0 Å². The highest BCUT2D eigenvalue weighted by atomic mass is 31.2. The van der Waals surface area contributed by atoms with E-state index in [-0.39, 0.29) is 19.4 Å². The molecule has 0 aromatic carbocycles. The molecule has 0 heterocycles. The second-order valence-corrected chi connectivity index (χ2v) is 10.5. The second kappa shape index (κ2) is 23.8. The molecule has 0 radical (unpaired) electrons. The first kappa shape index (κ1) is 35.7. The van der Waals surface area contributed by atoms with Crippen molar-refractivity contribution in [2.24, 2.45) is 0 Å². The Hall–Kier alpha value is -1.29. The van der Waals surface area contributed by atoms with Crippen LogP contribution in [0.4, 0.5) is 0 Å². The lowest BCUT2D eigenvalue weighted by Gasteiger charge is -2.20. The molecule has 0 aliphatic heterocycles. The van der Waals surface area contributed by atoms with Crippen LogP contribution in [0.5, 0.6) is 0 Å². The van der Waals surface area contributed by atoms with Gasteiger partial charge in [0.2, 0.25) is 0 Å². The highest BCUT2D eigenvalue weighted by Gasteiger charge is 2.27. The lowest BCUT2D eigenvalue weighted by molar-refractivity contribution is -0.161. The van der Waals surface area contributed by atoms with Gasteiger partial charge in [-0.15, -0.1) is 0 Å². The summed E-state index contributed by atoms with van der Waals surface area (Å²) < 4.78 is 31.7. The minimum Gasteiger partial charge on any atom is -0.462 e. The number of carbonyl (C=O) groups is 2. The monoisotopic (exact) mass is 552 g/mol. The van der Waals surface area contributed by atoms with E-state index in [4.69, 9.17) is 19.1 Å². The Bertz CT molecular complexity index is 655. The van der Waals surface area contributed by atoms with Crippen molar-refractivity contribution in [1.29, 1.82) is 0 Å². The number of hydrogen-bond donors (Lipinski definition) is 3. The second-order valence-electron chi connectivity index (χ2n) is 9.07. The third-order valence-electron chi connectivity index (χ3n) is 5.39. The van der Waals surface area contributed by atoms with Crippen molar-refractivity contribution in [2.75, 3.05) is 26.4 Å². The van der Waals surface area contributed by atoms with Crippen molar-refractivity contribution in [1.82, 2.24) is 0 Å². The minimum atomic E-state index is -4.58. The molecule has 0 aliphatic carbocycles. The zero-order valence-corrected chi connectivity index (χ0v) is 23.6. The standard InChI is InChI=1S/C26H49O10P/c1-3-5-6-7-8-9-10-11-12-13-14-15-16-18-26(30)36-24(21-33-25(29)17-4-2)22-35-37(31,32)34-20-23(28)19-27/h9-10,23-24,27-28H,3-8,11-22H2,1-2H3,(H,31,32)/b10-9-. The number of allylic oxidation sites excluding steroid dienone is 2. The predicted octanol–water partition coefficient (Wildman–Crippen LogP) is 4.99. The summed E-state index contributed by atoms with van der Waals surface area (Å²) in [6, 6.07) is 0. The van der Waals surface area contributed by atoms with Gasteiger partial charge in [-0.3, -0.25) is 18.6 Å². The van der Waals surface area contributed by atoms with E-state index in [1.165, 1.54) is 25.7 Å². The maximum atomic E-state index is 12.3. The summed E-state index contributed by atoms with van der Waals surface area (Å²) in [5, 5.41) is 18.0. The van der Waals surface area contributed by atoms with Crippen LogP contribution in [-0.4, -0.2) is 65.7 Å². The lowest BCUT2D eigenvalue weighted by atomic mass is 10.1. The number of phosphoric ester groups is 1. The smallest absolute Gasteiger partial charge is 0.462 e. The molecule has 3 unspecified atom stereocenters. The third kappa shape index (κ3) is 23.6. The Morgan fingerprint density at radius 3 is 2.00 bits per heavy atom. The number of rotatable bonds is 25. The van der Waals surface area contributed by atoms with Gasteiger partial charge in [0.25, 0.3) is 0 Å². The highest BCUT2D eigenvalue weighted by molar-refractivity contribution is 7.47. The number of unbranched alkanes of at least 4 members (excludes halogenated alkanes) is 9. The van der Waals surface area contributed by atoms with E-state index in [9.17, 15) is 24.2 Å². The molecule has 37 heavy (non-hydrogen) atoms. The summed E-state index contributed by atoms with van der Waals surface area (Å²) >= 11 is 0. The van der Waals surface area contributed by atoms with Gasteiger partial charge in [-0.05, 0) is 38.5 Å². The molecule has 3 atom stereocenters. The Balaban J connectivity index is 4.27. The Kier molecular flexibility index (Phi) is 23.0. The van der Waals surface area contributed by atoms with Crippen LogP contribution in [0.25, 0.3) is 0 Å². The van der Waals surface area contributed by atoms with E-state index in [2.05, 4.69) is 23.6 Å². The van der Waals surface area contributed by atoms with Gasteiger partial charge in [0.15, 0.2) is 6.10 Å². The first-order valence-electron chi connectivity index (χ1n) is 13.6. The summed E-state index contributed by atoms with van der Waals surface area (Å²) in [7, 11) is -4.58. The quantitative estimate of drug-likeness (QED) is 0.0612. The molecule has 0 aliphatic rings. The van der Waals surface area contributed by atoms with E-state index in [0.717, 1.165) is 38.5 Å². The molecule has 0 bridgehead atoms. The van der Waals surface area contributed by atoms with Gasteiger partial charge >= 0.3 is 19.8 Å². The van der Waals surface area contributed by atoms with Crippen molar-refractivity contribution >= 4 is 19.8 Å².